The van der Waals surface area contributed by atoms with Crippen molar-refractivity contribution < 1.29 is 4.79 Å². The summed E-state index contributed by atoms with van der Waals surface area (Å²) < 4.78 is 2.03. The lowest BCUT2D eigenvalue weighted by molar-refractivity contribution is 0.0706. The molecule has 0 aliphatic carbocycles. The van der Waals surface area contributed by atoms with Gasteiger partial charge in [0.15, 0.2) is 0 Å². The van der Waals surface area contributed by atoms with Gasteiger partial charge in [-0.1, -0.05) is 18.2 Å². The van der Waals surface area contributed by atoms with Crippen LogP contribution in [0.3, 0.4) is 0 Å². The molecule has 1 aliphatic rings. The number of aromatic nitrogens is 4. The first-order valence-electron chi connectivity index (χ1n) is 9.29. The van der Waals surface area contributed by atoms with Gasteiger partial charge >= 0.3 is 0 Å². The maximum absolute atomic E-state index is 12.9. The van der Waals surface area contributed by atoms with Gasteiger partial charge in [-0.05, 0) is 31.9 Å². The van der Waals surface area contributed by atoms with Crippen LogP contribution in [0.25, 0.3) is 11.4 Å². The van der Waals surface area contributed by atoms with E-state index in [1.807, 2.05) is 60.0 Å². The minimum atomic E-state index is 0.0853. The second-order valence-electron chi connectivity index (χ2n) is 7.00. The predicted octanol–water partition coefficient (Wildman–Crippen LogP) is 3.21. The number of aryl methyl sites for hydroxylation is 1. The molecule has 0 spiro atoms. The van der Waals surface area contributed by atoms with E-state index < -0.39 is 0 Å². The summed E-state index contributed by atoms with van der Waals surface area (Å²) in [5, 5.41) is 0. The van der Waals surface area contributed by atoms with E-state index in [4.69, 9.17) is 0 Å². The Bertz CT molecular complexity index is 950. The van der Waals surface area contributed by atoms with E-state index in [9.17, 15) is 4.79 Å². The van der Waals surface area contributed by atoms with Crippen molar-refractivity contribution in [1.29, 1.82) is 0 Å². The second-order valence-corrected chi connectivity index (χ2v) is 7.00. The van der Waals surface area contributed by atoms with Crippen LogP contribution in [0.15, 0.2) is 48.9 Å². The molecule has 138 valence electrons. The number of likely N-dealkylation sites (tertiary alicyclic amines) is 1. The highest BCUT2D eigenvalue weighted by Gasteiger charge is 2.29. The van der Waals surface area contributed by atoms with Crippen molar-refractivity contribution in [3.8, 4) is 11.4 Å². The molecule has 6 heteroatoms. The van der Waals surface area contributed by atoms with Gasteiger partial charge in [0.1, 0.15) is 11.5 Å². The monoisotopic (exact) mass is 361 g/mol. The molecule has 2 aromatic heterocycles. The number of benzene rings is 1. The number of piperidine rings is 1. The van der Waals surface area contributed by atoms with Crippen LogP contribution in [0, 0.1) is 6.92 Å². The molecule has 4 rings (SSSR count). The smallest absolute Gasteiger partial charge is 0.253 e. The van der Waals surface area contributed by atoms with E-state index in [0.717, 1.165) is 47.9 Å². The van der Waals surface area contributed by atoms with E-state index in [-0.39, 0.29) is 11.8 Å². The average Bonchev–Trinajstić information content (AvgIpc) is 3.06. The van der Waals surface area contributed by atoms with Crippen molar-refractivity contribution in [3.63, 3.8) is 0 Å². The van der Waals surface area contributed by atoms with Crippen LogP contribution >= 0.6 is 0 Å². The predicted molar refractivity (Wildman–Crippen MR) is 103 cm³/mol. The fraction of sp³-hybridized carbons (Fsp3) is 0.333. The highest BCUT2D eigenvalue weighted by molar-refractivity contribution is 5.94. The van der Waals surface area contributed by atoms with Crippen LogP contribution < -0.4 is 0 Å². The number of carbonyl (C=O) groups is 1. The van der Waals surface area contributed by atoms with Crippen molar-refractivity contribution in [2.45, 2.75) is 25.7 Å². The summed E-state index contributed by atoms with van der Waals surface area (Å²) in [6.07, 6.45) is 7.26. The van der Waals surface area contributed by atoms with Gasteiger partial charge in [0.2, 0.25) is 0 Å². The van der Waals surface area contributed by atoms with E-state index in [1.54, 1.807) is 12.4 Å². The van der Waals surface area contributed by atoms with Crippen LogP contribution in [-0.2, 0) is 7.05 Å². The molecular weight excluding hydrogens is 338 g/mol. The highest BCUT2D eigenvalue weighted by atomic mass is 16.2. The Morgan fingerprint density at radius 2 is 1.89 bits per heavy atom. The van der Waals surface area contributed by atoms with Crippen molar-refractivity contribution in [3.05, 3.63) is 66.0 Å². The van der Waals surface area contributed by atoms with E-state index in [2.05, 4.69) is 15.0 Å². The molecule has 27 heavy (non-hydrogen) atoms. The highest BCUT2D eigenvalue weighted by Crippen LogP contribution is 2.32. The molecule has 1 amide bonds. The van der Waals surface area contributed by atoms with E-state index in [0.29, 0.717) is 6.54 Å². The summed E-state index contributed by atoms with van der Waals surface area (Å²) in [4.78, 5) is 28.5. The van der Waals surface area contributed by atoms with Crippen molar-refractivity contribution in [2.75, 3.05) is 13.1 Å². The number of amides is 1. The van der Waals surface area contributed by atoms with Crippen LogP contribution in [0.1, 0.15) is 40.6 Å². The number of carbonyl (C=O) groups excluding carboxylic acids is 1. The van der Waals surface area contributed by atoms with Gasteiger partial charge in [-0.3, -0.25) is 14.8 Å². The zero-order valence-electron chi connectivity index (χ0n) is 15.7. The molecule has 6 nitrogen and oxygen atoms in total. The third kappa shape index (κ3) is 3.35. The molecule has 0 radical (unpaired) electrons. The third-order valence-corrected chi connectivity index (χ3v) is 5.31. The second kappa shape index (κ2) is 7.31. The summed E-state index contributed by atoms with van der Waals surface area (Å²) in [6.45, 7) is 3.42. The molecule has 0 saturated carbocycles. The number of imidazole rings is 1. The summed E-state index contributed by atoms with van der Waals surface area (Å²) in [6, 6.07) is 9.48. The van der Waals surface area contributed by atoms with Crippen LogP contribution in [0.2, 0.25) is 0 Å². The molecule has 1 fully saturated rings. The van der Waals surface area contributed by atoms with Gasteiger partial charge in [-0.25, -0.2) is 4.98 Å². The van der Waals surface area contributed by atoms with Gasteiger partial charge in [-0.15, -0.1) is 0 Å². The minimum Gasteiger partial charge on any atom is -0.338 e. The topological polar surface area (TPSA) is 63.9 Å². The van der Waals surface area contributed by atoms with E-state index >= 15 is 0 Å². The Hall–Kier alpha value is -3.02. The van der Waals surface area contributed by atoms with Crippen molar-refractivity contribution in [1.82, 2.24) is 24.4 Å². The molecule has 3 aromatic rings. The lowest BCUT2D eigenvalue weighted by Gasteiger charge is -2.33. The van der Waals surface area contributed by atoms with Gasteiger partial charge in [-0.2, -0.15) is 0 Å². The van der Waals surface area contributed by atoms with Gasteiger partial charge in [0.25, 0.3) is 5.91 Å². The Morgan fingerprint density at radius 1 is 1.11 bits per heavy atom. The SMILES string of the molecule is Cc1ncc(-c2nccnc2[C@@H]2CCCN(C(=O)c3ccccc3)C2)n1C. The molecule has 1 saturated heterocycles. The Morgan fingerprint density at radius 3 is 2.63 bits per heavy atom. The number of hydrogen-bond donors (Lipinski definition) is 0. The Balaban J connectivity index is 1.63. The number of nitrogens with zero attached hydrogens (tertiary/aromatic N) is 5. The molecule has 1 aliphatic heterocycles. The quantitative estimate of drug-likeness (QED) is 0.719. The largest absolute Gasteiger partial charge is 0.338 e. The third-order valence-electron chi connectivity index (χ3n) is 5.31. The van der Waals surface area contributed by atoms with Crippen LogP contribution in [-0.4, -0.2) is 43.4 Å². The van der Waals surface area contributed by atoms with Crippen LogP contribution in [0.4, 0.5) is 0 Å². The first-order valence-corrected chi connectivity index (χ1v) is 9.29. The Kier molecular flexibility index (Phi) is 4.71. The molecule has 1 aromatic carbocycles. The fourth-order valence-corrected chi connectivity index (χ4v) is 3.72. The zero-order chi connectivity index (χ0) is 18.8. The fourth-order valence-electron chi connectivity index (χ4n) is 3.72. The zero-order valence-corrected chi connectivity index (χ0v) is 15.7. The lowest BCUT2D eigenvalue weighted by atomic mass is 9.92. The standard InChI is InChI=1S/C21H23N5O/c1-15-24-13-18(25(15)2)20-19(22-10-11-23-20)17-9-6-12-26(14-17)21(27)16-7-4-3-5-8-16/h3-5,7-8,10-11,13,17H,6,9,12,14H2,1-2H3/t17-/m1/s1. The van der Waals surface area contributed by atoms with Crippen LogP contribution in [0.5, 0.6) is 0 Å². The molecular formula is C21H23N5O. The molecule has 0 unspecified atom stereocenters. The summed E-state index contributed by atoms with van der Waals surface area (Å²) in [7, 11) is 1.99. The molecule has 0 N–H and O–H groups in total. The summed E-state index contributed by atoms with van der Waals surface area (Å²) >= 11 is 0. The van der Waals surface area contributed by atoms with Gasteiger partial charge < -0.3 is 9.47 Å². The maximum atomic E-state index is 12.9. The van der Waals surface area contributed by atoms with Crippen molar-refractivity contribution in [2.24, 2.45) is 7.05 Å². The first kappa shape index (κ1) is 17.4. The average molecular weight is 361 g/mol. The molecule has 3 heterocycles. The minimum absolute atomic E-state index is 0.0853. The molecule has 0 bridgehead atoms. The summed E-state index contributed by atoms with van der Waals surface area (Å²) in [5.74, 6) is 1.19. The van der Waals surface area contributed by atoms with E-state index in [1.165, 1.54) is 0 Å². The van der Waals surface area contributed by atoms with Gasteiger partial charge in [0, 0.05) is 44.0 Å². The number of rotatable bonds is 3. The maximum Gasteiger partial charge on any atom is 0.253 e. The number of hydrogen-bond acceptors (Lipinski definition) is 4. The molecule has 1 atom stereocenters. The summed E-state index contributed by atoms with van der Waals surface area (Å²) in [5.41, 5.74) is 3.51. The van der Waals surface area contributed by atoms with Gasteiger partial charge in [0.05, 0.1) is 17.6 Å². The Labute approximate surface area is 158 Å². The van der Waals surface area contributed by atoms with Crippen molar-refractivity contribution >= 4 is 5.91 Å². The normalized spacial score (nSPS) is 17.1. The lowest BCUT2D eigenvalue weighted by Crippen LogP contribution is -2.39. The first-order chi connectivity index (χ1) is 13.1.